The summed E-state index contributed by atoms with van der Waals surface area (Å²) in [4.78, 5) is 38.1. The first-order valence-corrected chi connectivity index (χ1v) is 10.2. The van der Waals surface area contributed by atoms with Crippen molar-refractivity contribution in [1.82, 2.24) is 4.90 Å². The molecule has 1 aliphatic heterocycles. The summed E-state index contributed by atoms with van der Waals surface area (Å²) in [6.07, 6.45) is -0.0337. The molecular weight excluding hydrogens is 376 g/mol. The highest BCUT2D eigenvalue weighted by Crippen LogP contribution is 2.20. The van der Waals surface area contributed by atoms with Crippen molar-refractivity contribution >= 4 is 35.2 Å². The molecule has 2 N–H and O–H groups in total. The van der Waals surface area contributed by atoms with Gasteiger partial charge in [0.1, 0.15) is 0 Å². The summed E-state index contributed by atoms with van der Waals surface area (Å²) in [5, 5.41) is 12.0. The number of hydrogen-bond donors (Lipinski definition) is 2. The monoisotopic (exact) mass is 398 g/mol. The molecule has 0 saturated carbocycles. The van der Waals surface area contributed by atoms with Gasteiger partial charge in [0.15, 0.2) is 0 Å². The van der Waals surface area contributed by atoms with Crippen LogP contribution >= 0.6 is 11.8 Å². The predicted octanol–water partition coefficient (Wildman–Crippen LogP) is 3.06. The van der Waals surface area contributed by atoms with E-state index in [1.165, 1.54) is 6.07 Å². The van der Waals surface area contributed by atoms with E-state index in [2.05, 4.69) is 5.32 Å². The molecule has 2 aromatic rings. The van der Waals surface area contributed by atoms with Crippen LogP contribution in [-0.2, 0) is 11.2 Å². The van der Waals surface area contributed by atoms with Gasteiger partial charge in [-0.2, -0.15) is 11.8 Å². The molecule has 0 aromatic heterocycles. The number of carboxylic acid groups (broad SMARTS) is 1. The van der Waals surface area contributed by atoms with Crippen LogP contribution in [0.25, 0.3) is 0 Å². The average molecular weight is 398 g/mol. The number of carbonyl (C=O) groups excluding carboxylic acids is 2. The average Bonchev–Trinajstić information content (AvgIpc) is 2.70. The lowest BCUT2D eigenvalue weighted by molar-refractivity contribution is -0.115. The first-order valence-electron chi connectivity index (χ1n) is 9.04. The maximum atomic E-state index is 12.6. The number of amides is 2. The first kappa shape index (κ1) is 19.9. The van der Waals surface area contributed by atoms with Crippen LogP contribution in [0.4, 0.5) is 5.69 Å². The smallest absolute Gasteiger partial charge is 0.335 e. The van der Waals surface area contributed by atoms with E-state index >= 15 is 0 Å². The fourth-order valence-corrected chi connectivity index (χ4v) is 4.04. The van der Waals surface area contributed by atoms with Gasteiger partial charge in [0.25, 0.3) is 5.91 Å². The van der Waals surface area contributed by atoms with Gasteiger partial charge in [0.2, 0.25) is 5.91 Å². The Labute approximate surface area is 167 Å². The number of rotatable bonds is 5. The van der Waals surface area contributed by atoms with Gasteiger partial charge in [-0.05, 0) is 42.3 Å². The molecule has 28 heavy (non-hydrogen) atoms. The van der Waals surface area contributed by atoms with Crippen molar-refractivity contribution in [2.24, 2.45) is 0 Å². The number of thioether (sulfide) groups is 1. The zero-order valence-corrected chi connectivity index (χ0v) is 16.4. The van der Waals surface area contributed by atoms with Gasteiger partial charge in [-0.3, -0.25) is 9.59 Å². The summed E-state index contributed by atoms with van der Waals surface area (Å²) in [6, 6.07) is 11.7. The van der Waals surface area contributed by atoms with Crippen molar-refractivity contribution in [3.05, 3.63) is 64.7 Å². The minimum absolute atomic E-state index is 0.0108. The van der Waals surface area contributed by atoms with E-state index in [4.69, 9.17) is 0 Å². The lowest BCUT2D eigenvalue weighted by Gasteiger charge is -2.26. The predicted molar refractivity (Wildman–Crippen MR) is 110 cm³/mol. The number of hydrogen-bond acceptors (Lipinski definition) is 4. The maximum absolute atomic E-state index is 12.6. The molecule has 1 heterocycles. The summed E-state index contributed by atoms with van der Waals surface area (Å²) in [5.41, 5.74) is 2.59. The number of nitrogens with zero attached hydrogens (tertiary/aromatic N) is 1. The van der Waals surface area contributed by atoms with Gasteiger partial charge in [-0.15, -0.1) is 0 Å². The van der Waals surface area contributed by atoms with Crippen LogP contribution in [0.5, 0.6) is 0 Å². The van der Waals surface area contributed by atoms with Gasteiger partial charge >= 0.3 is 5.97 Å². The van der Waals surface area contributed by atoms with Crippen molar-refractivity contribution < 1.29 is 19.5 Å². The van der Waals surface area contributed by atoms with Crippen molar-refractivity contribution in [3.8, 4) is 0 Å². The number of aryl methyl sites for hydroxylation is 1. The van der Waals surface area contributed by atoms with Crippen molar-refractivity contribution in [3.63, 3.8) is 0 Å². The van der Waals surface area contributed by atoms with Gasteiger partial charge in [0.05, 0.1) is 12.0 Å². The third-order valence-corrected chi connectivity index (χ3v) is 5.59. The maximum Gasteiger partial charge on any atom is 0.335 e. The molecule has 1 saturated heterocycles. The highest BCUT2D eigenvalue weighted by Gasteiger charge is 2.19. The number of aromatic carboxylic acids is 1. The molecule has 7 heteroatoms. The summed E-state index contributed by atoms with van der Waals surface area (Å²) in [6.45, 7) is 3.34. The molecule has 0 bridgehead atoms. The van der Waals surface area contributed by atoms with Crippen LogP contribution in [0.3, 0.4) is 0 Å². The Morgan fingerprint density at radius 2 is 1.82 bits per heavy atom. The molecule has 0 aliphatic carbocycles. The van der Waals surface area contributed by atoms with Gasteiger partial charge in [0, 0.05) is 35.8 Å². The summed E-state index contributed by atoms with van der Waals surface area (Å²) < 4.78 is 0. The van der Waals surface area contributed by atoms with Crippen molar-refractivity contribution in [2.45, 2.75) is 13.3 Å². The van der Waals surface area contributed by atoms with Crippen LogP contribution in [0, 0.1) is 6.92 Å². The number of carboxylic acids is 1. The summed E-state index contributed by atoms with van der Waals surface area (Å²) in [7, 11) is 0. The molecule has 3 rings (SSSR count). The Balaban J connectivity index is 1.68. The van der Waals surface area contributed by atoms with E-state index < -0.39 is 5.97 Å². The molecule has 0 atom stereocenters. The van der Waals surface area contributed by atoms with E-state index in [9.17, 15) is 19.5 Å². The third kappa shape index (κ3) is 4.72. The van der Waals surface area contributed by atoms with Crippen LogP contribution in [-0.4, -0.2) is 52.4 Å². The molecule has 0 spiro atoms. The second kappa shape index (κ2) is 8.93. The Kier molecular flexibility index (Phi) is 6.36. The fourth-order valence-electron chi connectivity index (χ4n) is 3.14. The minimum Gasteiger partial charge on any atom is -0.478 e. The van der Waals surface area contributed by atoms with Crippen molar-refractivity contribution in [2.75, 3.05) is 29.9 Å². The molecular formula is C21H22N2O4S. The Morgan fingerprint density at radius 3 is 2.50 bits per heavy atom. The van der Waals surface area contributed by atoms with Crippen LogP contribution in [0.15, 0.2) is 42.5 Å². The molecule has 146 valence electrons. The Morgan fingerprint density at radius 1 is 1.11 bits per heavy atom. The number of carbonyl (C=O) groups is 3. The van der Waals surface area contributed by atoms with Crippen LogP contribution in [0.1, 0.15) is 31.8 Å². The van der Waals surface area contributed by atoms with Gasteiger partial charge < -0.3 is 15.3 Å². The van der Waals surface area contributed by atoms with Crippen molar-refractivity contribution in [1.29, 1.82) is 0 Å². The first-order chi connectivity index (χ1) is 13.5. The third-order valence-electron chi connectivity index (χ3n) is 4.64. The lowest BCUT2D eigenvalue weighted by Crippen LogP contribution is -2.37. The summed E-state index contributed by atoms with van der Waals surface area (Å²) in [5.74, 6) is 0.562. The highest BCUT2D eigenvalue weighted by molar-refractivity contribution is 7.99. The zero-order chi connectivity index (χ0) is 20.1. The lowest BCUT2D eigenvalue weighted by atomic mass is 10.0. The molecule has 2 aromatic carbocycles. The van der Waals surface area contributed by atoms with E-state index in [0.717, 1.165) is 30.2 Å². The Hall–Kier alpha value is -2.80. The number of anilines is 1. The topological polar surface area (TPSA) is 86.7 Å². The second-order valence-electron chi connectivity index (χ2n) is 6.62. The molecule has 1 aliphatic rings. The molecule has 2 amide bonds. The largest absolute Gasteiger partial charge is 0.478 e. The van der Waals surface area contributed by atoms with Crippen LogP contribution < -0.4 is 5.32 Å². The molecule has 0 radical (unpaired) electrons. The second-order valence-corrected chi connectivity index (χ2v) is 7.85. The quantitative estimate of drug-likeness (QED) is 0.808. The van der Waals surface area contributed by atoms with E-state index in [-0.39, 0.29) is 23.8 Å². The SMILES string of the molecule is Cc1cc(C(=O)N2CCSCC2)ccc1NC(=O)Cc1ccccc1C(=O)O. The minimum atomic E-state index is -1.06. The number of nitrogens with one attached hydrogen (secondary N) is 1. The standard InChI is InChI=1S/C21H22N2O4S/c1-14-12-16(20(25)23-8-10-28-11-9-23)6-7-18(14)22-19(24)13-15-4-2-3-5-17(15)21(26)27/h2-7,12H,8-11,13H2,1H3,(H,22,24)(H,26,27). The molecule has 1 fully saturated rings. The van der Waals surface area contributed by atoms with Gasteiger partial charge in [-0.1, -0.05) is 18.2 Å². The molecule has 0 unspecified atom stereocenters. The Bertz CT molecular complexity index is 907. The van der Waals surface area contributed by atoms with E-state index in [0.29, 0.717) is 16.8 Å². The van der Waals surface area contributed by atoms with E-state index in [1.807, 2.05) is 23.6 Å². The summed E-state index contributed by atoms with van der Waals surface area (Å²) >= 11 is 1.85. The highest BCUT2D eigenvalue weighted by atomic mass is 32.2. The van der Waals surface area contributed by atoms with Gasteiger partial charge in [-0.25, -0.2) is 4.79 Å². The number of benzene rings is 2. The van der Waals surface area contributed by atoms with E-state index in [1.54, 1.807) is 36.4 Å². The zero-order valence-electron chi connectivity index (χ0n) is 15.6. The fraction of sp³-hybridized carbons (Fsp3) is 0.286. The molecule has 6 nitrogen and oxygen atoms in total. The normalized spacial score (nSPS) is 13.8. The van der Waals surface area contributed by atoms with Crippen LogP contribution in [0.2, 0.25) is 0 Å².